The van der Waals surface area contributed by atoms with E-state index in [9.17, 15) is 9.90 Å². The third kappa shape index (κ3) is 2.25. The summed E-state index contributed by atoms with van der Waals surface area (Å²) in [5.74, 6) is -0.149. The number of amides is 1. The maximum Gasteiger partial charge on any atom is 0.256 e. The van der Waals surface area contributed by atoms with Crippen LogP contribution in [0, 0.1) is 0 Å². The molecule has 4 rings (SSSR count). The molecule has 0 spiro atoms. The van der Waals surface area contributed by atoms with Gasteiger partial charge in [-0.05, 0) is 23.6 Å². The summed E-state index contributed by atoms with van der Waals surface area (Å²) < 4.78 is 1.57. The number of fused-ring (bicyclic) bond motifs is 2. The third-order valence-corrected chi connectivity index (χ3v) is 4.53. The van der Waals surface area contributed by atoms with Gasteiger partial charge in [-0.25, -0.2) is 9.67 Å². The molecule has 0 unspecified atom stereocenters. The van der Waals surface area contributed by atoms with Crippen molar-refractivity contribution in [3.8, 4) is 0 Å². The van der Waals surface area contributed by atoms with Gasteiger partial charge in [0.2, 0.25) is 0 Å². The number of hydrogen-bond acceptors (Lipinski definition) is 5. The fraction of sp³-hybridized carbons (Fsp3) is 0.294. The zero-order valence-corrected chi connectivity index (χ0v) is 13.3. The molecular weight excluding hydrogens is 306 g/mol. The molecule has 1 aromatic carbocycles. The van der Waals surface area contributed by atoms with E-state index in [1.807, 2.05) is 24.3 Å². The summed E-state index contributed by atoms with van der Waals surface area (Å²) in [6.45, 7) is 0.461. The number of rotatable bonds is 2. The van der Waals surface area contributed by atoms with Gasteiger partial charge in [-0.15, -0.1) is 5.10 Å². The fourth-order valence-corrected chi connectivity index (χ4v) is 3.30. The number of aliphatic hydroxyl groups is 1. The van der Waals surface area contributed by atoms with Crippen molar-refractivity contribution in [3.63, 3.8) is 0 Å². The Morgan fingerprint density at radius 3 is 3.04 bits per heavy atom. The van der Waals surface area contributed by atoms with Crippen molar-refractivity contribution in [2.45, 2.75) is 12.5 Å². The van der Waals surface area contributed by atoms with Gasteiger partial charge in [0.05, 0.1) is 18.2 Å². The van der Waals surface area contributed by atoms with E-state index in [0.717, 1.165) is 12.0 Å². The van der Waals surface area contributed by atoms with Crippen LogP contribution in [0.1, 0.15) is 27.5 Å². The highest BCUT2D eigenvalue weighted by Gasteiger charge is 2.31. The number of aliphatic hydroxyl groups excluding tert-OH is 1. The van der Waals surface area contributed by atoms with Gasteiger partial charge in [-0.2, -0.15) is 0 Å². The summed E-state index contributed by atoms with van der Waals surface area (Å²) in [4.78, 5) is 18.9. The minimum atomic E-state index is -0.333. The normalized spacial score (nSPS) is 17.1. The van der Waals surface area contributed by atoms with Crippen LogP contribution in [0.25, 0.3) is 11.2 Å². The van der Waals surface area contributed by atoms with Crippen LogP contribution in [0.5, 0.6) is 0 Å². The number of carbonyl (C=O) groups excluding carboxylic acids is 1. The maximum atomic E-state index is 12.9. The molecule has 3 aromatic rings. The molecule has 0 fully saturated rings. The monoisotopic (exact) mass is 323 g/mol. The maximum absolute atomic E-state index is 12.9. The molecule has 0 saturated carbocycles. The van der Waals surface area contributed by atoms with Crippen LogP contribution >= 0.6 is 0 Å². The molecule has 24 heavy (non-hydrogen) atoms. The van der Waals surface area contributed by atoms with E-state index in [4.69, 9.17) is 0 Å². The number of nitrogens with zero attached hydrogens (tertiary/aromatic N) is 5. The van der Waals surface area contributed by atoms with E-state index in [2.05, 4.69) is 15.3 Å². The number of pyridine rings is 1. The van der Waals surface area contributed by atoms with E-state index < -0.39 is 0 Å². The van der Waals surface area contributed by atoms with Crippen molar-refractivity contribution in [2.24, 2.45) is 7.05 Å². The van der Waals surface area contributed by atoms with Gasteiger partial charge >= 0.3 is 0 Å². The summed E-state index contributed by atoms with van der Waals surface area (Å²) in [5.41, 5.74) is 3.87. The Bertz CT molecular complexity index is 920. The van der Waals surface area contributed by atoms with E-state index in [-0.39, 0.29) is 18.6 Å². The van der Waals surface area contributed by atoms with Crippen molar-refractivity contribution in [2.75, 3.05) is 13.2 Å². The van der Waals surface area contributed by atoms with Crippen LogP contribution in [0.2, 0.25) is 0 Å². The smallest absolute Gasteiger partial charge is 0.256 e. The third-order valence-electron chi connectivity index (χ3n) is 4.53. The van der Waals surface area contributed by atoms with Crippen LogP contribution in [0.4, 0.5) is 0 Å². The molecule has 1 amide bonds. The van der Waals surface area contributed by atoms with E-state index in [1.165, 1.54) is 5.56 Å². The van der Waals surface area contributed by atoms with Gasteiger partial charge in [-0.3, -0.25) is 4.79 Å². The zero-order chi connectivity index (χ0) is 16.7. The van der Waals surface area contributed by atoms with Crippen LogP contribution in [0.3, 0.4) is 0 Å². The van der Waals surface area contributed by atoms with Crippen molar-refractivity contribution in [3.05, 3.63) is 53.2 Å². The molecule has 1 N–H and O–H groups in total. The Balaban J connectivity index is 1.70. The predicted octanol–water partition coefficient (Wildman–Crippen LogP) is 1.10. The number of carbonyl (C=O) groups is 1. The average molecular weight is 323 g/mol. The minimum absolute atomic E-state index is 0.108. The minimum Gasteiger partial charge on any atom is -0.394 e. The number of benzene rings is 1. The van der Waals surface area contributed by atoms with Crippen LogP contribution in [-0.4, -0.2) is 49.0 Å². The first kappa shape index (κ1) is 14.8. The molecule has 1 aliphatic heterocycles. The Labute approximate surface area is 138 Å². The number of aryl methyl sites for hydroxylation is 1. The summed E-state index contributed by atoms with van der Waals surface area (Å²) in [6.07, 6.45) is 2.32. The lowest BCUT2D eigenvalue weighted by molar-refractivity contribution is 0.0568. The second kappa shape index (κ2) is 5.68. The van der Waals surface area contributed by atoms with Gasteiger partial charge in [0.1, 0.15) is 5.52 Å². The molecule has 122 valence electrons. The Kier molecular flexibility index (Phi) is 3.50. The van der Waals surface area contributed by atoms with Crippen LogP contribution in [0.15, 0.2) is 36.5 Å². The lowest BCUT2D eigenvalue weighted by Gasteiger charge is -2.36. The molecule has 0 saturated heterocycles. The van der Waals surface area contributed by atoms with E-state index >= 15 is 0 Å². The van der Waals surface area contributed by atoms with Gasteiger partial charge in [-0.1, -0.05) is 29.5 Å². The second-order valence-electron chi connectivity index (χ2n) is 5.93. The molecule has 7 heteroatoms. The average Bonchev–Trinajstić information content (AvgIpc) is 3.00. The molecular formula is C17H17N5O2. The SMILES string of the molecule is Cn1nnc2cc(C(=O)N3CCc4ccccc4[C@@H]3CO)cnc21. The first-order chi connectivity index (χ1) is 11.7. The number of aromatic nitrogens is 4. The van der Waals surface area contributed by atoms with Crippen molar-refractivity contribution in [1.82, 2.24) is 24.9 Å². The Hall–Kier alpha value is -2.80. The summed E-state index contributed by atoms with van der Waals surface area (Å²) in [7, 11) is 1.76. The second-order valence-corrected chi connectivity index (χ2v) is 5.93. The van der Waals surface area contributed by atoms with Crippen molar-refractivity contribution in [1.29, 1.82) is 0 Å². The molecule has 2 aromatic heterocycles. The lowest BCUT2D eigenvalue weighted by Crippen LogP contribution is -2.41. The molecule has 1 aliphatic rings. The summed E-state index contributed by atoms with van der Waals surface area (Å²) in [6, 6.07) is 9.30. The standard InChI is InChI=1S/C17H17N5O2/c1-21-16-14(19-20-21)8-12(9-18-16)17(24)22-7-6-11-4-2-3-5-13(11)15(22)10-23/h2-5,8-9,15,23H,6-7,10H2,1H3/t15-/m0/s1. The highest BCUT2D eigenvalue weighted by molar-refractivity contribution is 5.96. The van der Waals surface area contributed by atoms with Crippen LogP contribution in [-0.2, 0) is 13.5 Å². The van der Waals surface area contributed by atoms with Gasteiger partial charge in [0, 0.05) is 19.8 Å². The van der Waals surface area contributed by atoms with Gasteiger partial charge < -0.3 is 10.0 Å². The molecule has 1 atom stereocenters. The molecule has 3 heterocycles. The zero-order valence-electron chi connectivity index (χ0n) is 13.3. The molecule has 0 bridgehead atoms. The highest BCUT2D eigenvalue weighted by atomic mass is 16.3. The quantitative estimate of drug-likeness (QED) is 0.763. The largest absolute Gasteiger partial charge is 0.394 e. The summed E-state index contributed by atoms with van der Waals surface area (Å²) in [5, 5.41) is 17.8. The molecule has 7 nitrogen and oxygen atoms in total. The highest BCUT2D eigenvalue weighted by Crippen LogP contribution is 2.30. The van der Waals surface area contributed by atoms with Crippen molar-refractivity contribution < 1.29 is 9.90 Å². The van der Waals surface area contributed by atoms with E-state index in [0.29, 0.717) is 23.3 Å². The van der Waals surface area contributed by atoms with Crippen LogP contribution < -0.4 is 0 Å². The first-order valence-electron chi connectivity index (χ1n) is 7.84. The number of hydrogen-bond donors (Lipinski definition) is 1. The van der Waals surface area contributed by atoms with Gasteiger partial charge in [0.25, 0.3) is 5.91 Å². The van der Waals surface area contributed by atoms with Gasteiger partial charge in [0.15, 0.2) is 5.65 Å². The van der Waals surface area contributed by atoms with Crippen molar-refractivity contribution >= 4 is 17.1 Å². The Morgan fingerprint density at radius 1 is 1.38 bits per heavy atom. The predicted molar refractivity (Wildman–Crippen MR) is 87.3 cm³/mol. The van der Waals surface area contributed by atoms with E-state index in [1.54, 1.807) is 28.9 Å². The fourth-order valence-electron chi connectivity index (χ4n) is 3.30. The molecule has 0 radical (unpaired) electrons. The summed E-state index contributed by atoms with van der Waals surface area (Å²) >= 11 is 0. The first-order valence-corrected chi connectivity index (χ1v) is 7.84. The lowest BCUT2D eigenvalue weighted by atomic mass is 9.92. The Morgan fingerprint density at radius 2 is 2.21 bits per heavy atom. The molecule has 0 aliphatic carbocycles. The topological polar surface area (TPSA) is 84.1 Å².